The van der Waals surface area contributed by atoms with Crippen molar-refractivity contribution in [3.63, 3.8) is 0 Å². The van der Waals surface area contributed by atoms with E-state index in [1.165, 1.54) is 28.2 Å². The number of aryl methyl sites for hydroxylation is 1. The number of amides is 1. The maximum Gasteiger partial charge on any atom is 0.354 e. The van der Waals surface area contributed by atoms with Gasteiger partial charge in [-0.2, -0.15) is 4.31 Å². The summed E-state index contributed by atoms with van der Waals surface area (Å²) in [5.74, 6) is -0.857. The second kappa shape index (κ2) is 8.38. The van der Waals surface area contributed by atoms with E-state index < -0.39 is 22.0 Å². The molecule has 1 aromatic carbocycles. The van der Waals surface area contributed by atoms with Crippen LogP contribution in [0.15, 0.2) is 47.5 Å². The van der Waals surface area contributed by atoms with Crippen molar-refractivity contribution in [3.05, 3.63) is 53.9 Å². The Bertz CT molecular complexity index is 1000. The number of esters is 1. The second-order valence-corrected chi connectivity index (χ2v) is 9.01. The minimum Gasteiger partial charge on any atom is -0.464 e. The highest BCUT2D eigenvalue weighted by molar-refractivity contribution is 7.89. The Kier molecular flexibility index (Phi) is 6.09. The van der Waals surface area contributed by atoms with Crippen LogP contribution in [0.3, 0.4) is 0 Å². The van der Waals surface area contributed by atoms with Crippen LogP contribution in [0.1, 0.15) is 28.9 Å². The van der Waals surface area contributed by atoms with Gasteiger partial charge < -0.3 is 14.2 Å². The molecule has 1 aliphatic heterocycles. The standard InChI is InChI=1S/C20H25N3O5S/c1-21-14-16(12-18(21)20(25)28-3)29(26,27)23-11-7-10-17(23)19(24)22(2)13-15-8-5-4-6-9-15/h4-6,8-9,12,14,17H,7,10-11,13H2,1-3H3/t17-/m1/s1. The Hall–Kier alpha value is -2.65. The zero-order chi connectivity index (χ0) is 21.2. The van der Waals surface area contributed by atoms with Gasteiger partial charge in [0.15, 0.2) is 0 Å². The third kappa shape index (κ3) is 4.20. The number of ether oxygens (including phenoxy) is 1. The number of sulfonamides is 1. The average Bonchev–Trinajstić information content (AvgIpc) is 3.35. The van der Waals surface area contributed by atoms with Crippen molar-refractivity contribution in [2.45, 2.75) is 30.3 Å². The molecule has 0 radical (unpaired) electrons. The van der Waals surface area contributed by atoms with Gasteiger partial charge in [-0.1, -0.05) is 30.3 Å². The molecule has 0 spiro atoms. The molecule has 1 amide bonds. The van der Waals surface area contributed by atoms with Crippen molar-refractivity contribution in [2.75, 3.05) is 20.7 Å². The number of methoxy groups -OCH3 is 1. The van der Waals surface area contributed by atoms with E-state index in [1.54, 1.807) is 19.0 Å². The zero-order valence-corrected chi connectivity index (χ0v) is 17.6. The number of aromatic nitrogens is 1. The van der Waals surface area contributed by atoms with Gasteiger partial charge in [-0.15, -0.1) is 0 Å². The van der Waals surface area contributed by atoms with Crippen LogP contribution in [0.5, 0.6) is 0 Å². The topological polar surface area (TPSA) is 88.9 Å². The van der Waals surface area contributed by atoms with Crippen LogP contribution in [0.4, 0.5) is 0 Å². The Balaban J connectivity index is 1.82. The SMILES string of the molecule is COC(=O)c1cc(S(=O)(=O)N2CCC[C@@H]2C(=O)N(C)Cc2ccccc2)cn1C. The summed E-state index contributed by atoms with van der Waals surface area (Å²) >= 11 is 0. The van der Waals surface area contributed by atoms with Crippen molar-refractivity contribution in [1.82, 2.24) is 13.8 Å². The van der Waals surface area contributed by atoms with Crippen LogP contribution < -0.4 is 0 Å². The molecule has 0 aliphatic carbocycles. The van der Waals surface area contributed by atoms with Gasteiger partial charge in [-0.3, -0.25) is 4.79 Å². The summed E-state index contributed by atoms with van der Waals surface area (Å²) < 4.78 is 33.7. The predicted molar refractivity (Wildman–Crippen MR) is 107 cm³/mol. The summed E-state index contributed by atoms with van der Waals surface area (Å²) in [5.41, 5.74) is 1.11. The van der Waals surface area contributed by atoms with E-state index in [-0.39, 0.29) is 23.0 Å². The average molecular weight is 420 g/mol. The largest absolute Gasteiger partial charge is 0.464 e. The molecule has 29 heavy (non-hydrogen) atoms. The normalized spacial score (nSPS) is 17.3. The molecule has 9 heteroatoms. The van der Waals surface area contributed by atoms with Crippen LogP contribution in [0, 0.1) is 0 Å². The maximum atomic E-state index is 13.2. The molecule has 1 aromatic heterocycles. The van der Waals surface area contributed by atoms with E-state index in [0.717, 1.165) is 5.56 Å². The summed E-state index contributed by atoms with van der Waals surface area (Å²) in [7, 11) is 0.564. The number of hydrogen-bond donors (Lipinski definition) is 0. The van der Waals surface area contributed by atoms with Crippen LogP contribution in [-0.4, -0.2) is 60.8 Å². The monoisotopic (exact) mass is 419 g/mol. The highest BCUT2D eigenvalue weighted by atomic mass is 32.2. The molecule has 2 heterocycles. The van der Waals surface area contributed by atoms with Crippen molar-refractivity contribution in [3.8, 4) is 0 Å². The fourth-order valence-corrected chi connectivity index (χ4v) is 5.31. The number of hydrogen-bond acceptors (Lipinski definition) is 5. The van der Waals surface area contributed by atoms with Crippen molar-refractivity contribution < 1.29 is 22.7 Å². The first-order valence-corrected chi connectivity index (χ1v) is 10.7. The molecule has 1 aliphatic rings. The molecule has 1 fully saturated rings. The predicted octanol–water partition coefficient (Wildman–Crippen LogP) is 1.62. The van der Waals surface area contributed by atoms with Crippen LogP contribution in [-0.2, 0) is 33.1 Å². The summed E-state index contributed by atoms with van der Waals surface area (Å²) in [6.45, 7) is 0.669. The first kappa shape index (κ1) is 21.1. The number of carbonyl (C=O) groups excluding carboxylic acids is 2. The van der Waals surface area contributed by atoms with Crippen LogP contribution >= 0.6 is 0 Å². The molecule has 3 rings (SSSR count). The molecule has 156 valence electrons. The van der Waals surface area contributed by atoms with Gasteiger partial charge in [0.1, 0.15) is 16.6 Å². The first-order chi connectivity index (χ1) is 13.8. The van der Waals surface area contributed by atoms with Crippen molar-refractivity contribution in [2.24, 2.45) is 7.05 Å². The fraction of sp³-hybridized carbons (Fsp3) is 0.400. The van der Waals surface area contributed by atoms with Crippen molar-refractivity contribution in [1.29, 1.82) is 0 Å². The van der Waals surface area contributed by atoms with E-state index in [0.29, 0.717) is 19.4 Å². The Morgan fingerprint density at radius 3 is 2.59 bits per heavy atom. The Labute approximate surface area is 170 Å². The molecular formula is C20H25N3O5S. The second-order valence-electron chi connectivity index (χ2n) is 7.12. The van der Waals surface area contributed by atoms with Crippen molar-refractivity contribution >= 4 is 21.9 Å². The minimum absolute atomic E-state index is 0.0224. The lowest BCUT2D eigenvalue weighted by molar-refractivity contribution is -0.133. The molecular weight excluding hydrogens is 394 g/mol. The lowest BCUT2D eigenvalue weighted by Crippen LogP contribution is -2.46. The maximum absolute atomic E-state index is 13.2. The number of likely N-dealkylation sites (N-methyl/N-ethyl adjacent to an activating group) is 1. The van der Waals surface area contributed by atoms with E-state index in [1.807, 2.05) is 30.3 Å². The molecule has 0 unspecified atom stereocenters. The summed E-state index contributed by atoms with van der Waals surface area (Å²) in [6, 6.07) is 10.1. The van der Waals surface area contributed by atoms with Gasteiger partial charge in [0.2, 0.25) is 15.9 Å². The van der Waals surface area contributed by atoms with Gasteiger partial charge in [-0.25, -0.2) is 13.2 Å². The first-order valence-electron chi connectivity index (χ1n) is 9.31. The molecule has 0 saturated carbocycles. The van der Waals surface area contributed by atoms with E-state index in [9.17, 15) is 18.0 Å². The highest BCUT2D eigenvalue weighted by Gasteiger charge is 2.41. The lowest BCUT2D eigenvalue weighted by atomic mass is 10.1. The van der Waals surface area contributed by atoms with Gasteiger partial charge >= 0.3 is 5.97 Å². The number of benzene rings is 1. The number of rotatable bonds is 6. The van der Waals surface area contributed by atoms with Crippen LogP contribution in [0.25, 0.3) is 0 Å². The molecule has 1 atom stereocenters. The van der Waals surface area contributed by atoms with Crippen LogP contribution in [0.2, 0.25) is 0 Å². The molecule has 2 aromatic rings. The van der Waals surface area contributed by atoms with Gasteiger partial charge in [0.25, 0.3) is 0 Å². The smallest absolute Gasteiger partial charge is 0.354 e. The summed E-state index contributed by atoms with van der Waals surface area (Å²) in [6.07, 6.45) is 2.44. The molecule has 1 saturated heterocycles. The summed E-state index contributed by atoms with van der Waals surface area (Å²) in [4.78, 5) is 26.4. The van der Waals surface area contributed by atoms with Gasteiger partial charge in [-0.05, 0) is 24.5 Å². The fourth-order valence-electron chi connectivity index (χ4n) is 3.58. The highest BCUT2D eigenvalue weighted by Crippen LogP contribution is 2.28. The van der Waals surface area contributed by atoms with Gasteiger partial charge in [0.05, 0.1) is 7.11 Å². The third-order valence-electron chi connectivity index (χ3n) is 5.11. The van der Waals surface area contributed by atoms with E-state index in [2.05, 4.69) is 4.74 Å². The Morgan fingerprint density at radius 1 is 1.24 bits per heavy atom. The minimum atomic E-state index is -3.93. The molecule has 0 bridgehead atoms. The van der Waals surface area contributed by atoms with Gasteiger partial charge in [0, 0.05) is 33.4 Å². The third-order valence-corrected chi connectivity index (χ3v) is 6.98. The Morgan fingerprint density at radius 2 is 1.93 bits per heavy atom. The summed E-state index contributed by atoms with van der Waals surface area (Å²) in [5, 5.41) is 0. The molecule has 8 nitrogen and oxygen atoms in total. The lowest BCUT2D eigenvalue weighted by Gasteiger charge is -2.27. The number of nitrogens with zero attached hydrogens (tertiary/aromatic N) is 3. The molecule has 0 N–H and O–H groups in total. The van der Waals surface area contributed by atoms with E-state index >= 15 is 0 Å². The van der Waals surface area contributed by atoms with E-state index in [4.69, 9.17) is 0 Å². The number of carbonyl (C=O) groups is 2. The zero-order valence-electron chi connectivity index (χ0n) is 16.7. The quantitative estimate of drug-likeness (QED) is 0.664.